The Kier molecular flexibility index (Phi) is 5.03. The van der Waals surface area contributed by atoms with E-state index in [2.05, 4.69) is 34.2 Å². The molecule has 0 bridgehead atoms. The van der Waals surface area contributed by atoms with Gasteiger partial charge in [0.2, 0.25) is 5.91 Å². The highest BCUT2D eigenvalue weighted by Crippen LogP contribution is 2.37. The van der Waals surface area contributed by atoms with E-state index in [1.165, 1.54) is 4.88 Å². The van der Waals surface area contributed by atoms with Gasteiger partial charge in [-0.25, -0.2) is 0 Å². The van der Waals surface area contributed by atoms with Gasteiger partial charge in [-0.1, -0.05) is 13.3 Å². The quantitative estimate of drug-likeness (QED) is 0.861. The van der Waals surface area contributed by atoms with E-state index in [1.807, 2.05) is 5.38 Å². The van der Waals surface area contributed by atoms with Crippen molar-refractivity contribution in [2.45, 2.75) is 45.1 Å². The molecule has 1 aromatic rings. The van der Waals surface area contributed by atoms with Gasteiger partial charge in [0.1, 0.15) is 0 Å². The molecule has 0 spiro atoms. The number of hydrogen-bond donors (Lipinski definition) is 2. The predicted octanol–water partition coefficient (Wildman–Crippen LogP) is 3.11. The summed E-state index contributed by atoms with van der Waals surface area (Å²) in [6, 6.07) is 2.19. The van der Waals surface area contributed by atoms with Crippen molar-refractivity contribution in [2.75, 3.05) is 6.61 Å². The molecule has 0 saturated heterocycles. The molecule has 0 aromatic carbocycles. The Morgan fingerprint density at radius 1 is 1.68 bits per heavy atom. The molecule has 2 unspecified atom stereocenters. The molecule has 1 aliphatic rings. The largest absolute Gasteiger partial charge is 0.396 e. The maximum atomic E-state index is 12.0. The van der Waals surface area contributed by atoms with Crippen molar-refractivity contribution in [3.63, 3.8) is 0 Å². The van der Waals surface area contributed by atoms with Gasteiger partial charge in [0.05, 0.1) is 6.61 Å². The Balaban J connectivity index is 1.81. The lowest BCUT2D eigenvalue weighted by molar-refractivity contribution is -0.122. The Labute approximate surface area is 126 Å². The highest BCUT2D eigenvalue weighted by molar-refractivity contribution is 9.10. The van der Waals surface area contributed by atoms with Crippen molar-refractivity contribution in [1.29, 1.82) is 0 Å². The van der Waals surface area contributed by atoms with Crippen molar-refractivity contribution in [2.24, 2.45) is 5.41 Å². The highest BCUT2D eigenvalue weighted by atomic mass is 79.9. The molecular formula is C14H20BrNO2S. The monoisotopic (exact) mass is 345 g/mol. The van der Waals surface area contributed by atoms with Gasteiger partial charge in [0, 0.05) is 32.6 Å². The van der Waals surface area contributed by atoms with Crippen molar-refractivity contribution in [1.82, 2.24) is 5.32 Å². The van der Waals surface area contributed by atoms with Crippen LogP contribution in [0.25, 0.3) is 0 Å². The third-order valence-corrected chi connectivity index (χ3v) is 5.76. The SMILES string of the molecule is CC1(CO)CCCC1NC(=O)CCc1cc(Br)cs1. The number of carbonyl (C=O) groups is 1. The second kappa shape index (κ2) is 6.37. The van der Waals surface area contributed by atoms with E-state index in [4.69, 9.17) is 0 Å². The topological polar surface area (TPSA) is 49.3 Å². The molecule has 2 N–H and O–H groups in total. The van der Waals surface area contributed by atoms with Crippen LogP contribution in [0.15, 0.2) is 15.9 Å². The molecular weight excluding hydrogens is 326 g/mol. The van der Waals surface area contributed by atoms with Gasteiger partial charge < -0.3 is 10.4 Å². The van der Waals surface area contributed by atoms with Gasteiger partial charge in [-0.05, 0) is 41.3 Å². The molecule has 0 radical (unpaired) electrons. The number of halogens is 1. The van der Waals surface area contributed by atoms with Gasteiger partial charge in [-0.3, -0.25) is 4.79 Å². The van der Waals surface area contributed by atoms with Crippen LogP contribution in [-0.2, 0) is 11.2 Å². The molecule has 2 atom stereocenters. The lowest BCUT2D eigenvalue weighted by Gasteiger charge is -2.30. The summed E-state index contributed by atoms with van der Waals surface area (Å²) >= 11 is 5.09. The summed E-state index contributed by atoms with van der Waals surface area (Å²) in [5.41, 5.74) is -0.137. The van der Waals surface area contributed by atoms with Gasteiger partial charge in [0.25, 0.3) is 0 Å². The molecule has 2 rings (SSSR count). The van der Waals surface area contributed by atoms with Crippen molar-refractivity contribution in [3.05, 3.63) is 20.8 Å². The minimum absolute atomic E-state index is 0.0936. The van der Waals surface area contributed by atoms with E-state index in [9.17, 15) is 9.90 Å². The molecule has 19 heavy (non-hydrogen) atoms. The van der Waals surface area contributed by atoms with E-state index >= 15 is 0 Å². The second-order valence-electron chi connectivity index (χ2n) is 5.56. The van der Waals surface area contributed by atoms with Crippen LogP contribution in [0.3, 0.4) is 0 Å². The lowest BCUT2D eigenvalue weighted by atomic mass is 9.86. The van der Waals surface area contributed by atoms with Crippen LogP contribution in [0.2, 0.25) is 0 Å². The first kappa shape index (κ1) is 15.0. The molecule has 106 valence electrons. The van der Waals surface area contributed by atoms with E-state index in [0.717, 1.165) is 30.2 Å². The average molecular weight is 346 g/mol. The first-order chi connectivity index (χ1) is 9.03. The van der Waals surface area contributed by atoms with Crippen LogP contribution >= 0.6 is 27.3 Å². The number of nitrogens with one attached hydrogen (secondary N) is 1. The summed E-state index contributed by atoms with van der Waals surface area (Å²) in [5.74, 6) is 0.0936. The predicted molar refractivity (Wildman–Crippen MR) is 81.3 cm³/mol. The Morgan fingerprint density at radius 3 is 3.11 bits per heavy atom. The molecule has 1 aromatic heterocycles. The normalized spacial score (nSPS) is 26.6. The van der Waals surface area contributed by atoms with Crippen molar-refractivity contribution < 1.29 is 9.90 Å². The van der Waals surface area contributed by atoms with Crippen LogP contribution in [0.1, 0.15) is 37.5 Å². The standard InChI is InChI=1S/C14H20BrNO2S/c1-14(9-17)6-2-3-12(14)16-13(18)5-4-11-7-10(15)8-19-11/h7-8,12,17H,2-6,9H2,1H3,(H,16,18). The highest BCUT2D eigenvalue weighted by Gasteiger charge is 2.38. The van der Waals surface area contributed by atoms with Gasteiger partial charge in [0.15, 0.2) is 0 Å². The summed E-state index contributed by atoms with van der Waals surface area (Å²) in [5, 5.41) is 14.6. The minimum atomic E-state index is -0.137. The zero-order chi connectivity index (χ0) is 13.9. The fourth-order valence-electron chi connectivity index (χ4n) is 2.66. The van der Waals surface area contributed by atoms with Crippen LogP contribution < -0.4 is 5.32 Å². The fourth-order valence-corrected chi connectivity index (χ4v) is 4.11. The van der Waals surface area contributed by atoms with Crippen LogP contribution in [0, 0.1) is 5.41 Å². The van der Waals surface area contributed by atoms with Crippen LogP contribution in [-0.4, -0.2) is 23.7 Å². The van der Waals surface area contributed by atoms with Crippen molar-refractivity contribution >= 4 is 33.2 Å². The number of rotatable bonds is 5. The second-order valence-corrected chi connectivity index (χ2v) is 7.47. The zero-order valence-corrected chi connectivity index (χ0v) is 13.5. The summed E-state index contributed by atoms with van der Waals surface area (Å²) in [6.45, 7) is 2.21. The molecule has 1 heterocycles. The Morgan fingerprint density at radius 2 is 2.47 bits per heavy atom. The lowest BCUT2D eigenvalue weighted by Crippen LogP contribution is -2.44. The molecule has 0 aliphatic heterocycles. The third-order valence-electron chi connectivity index (χ3n) is 4.00. The summed E-state index contributed by atoms with van der Waals surface area (Å²) in [4.78, 5) is 13.2. The zero-order valence-electron chi connectivity index (χ0n) is 11.1. The molecule has 1 saturated carbocycles. The number of thiophene rings is 1. The summed E-state index contributed by atoms with van der Waals surface area (Å²) in [6.07, 6.45) is 4.36. The smallest absolute Gasteiger partial charge is 0.220 e. The van der Waals surface area contributed by atoms with E-state index in [-0.39, 0.29) is 24.0 Å². The molecule has 5 heteroatoms. The number of amides is 1. The van der Waals surface area contributed by atoms with E-state index in [0.29, 0.717) is 6.42 Å². The van der Waals surface area contributed by atoms with Crippen LogP contribution in [0.4, 0.5) is 0 Å². The van der Waals surface area contributed by atoms with Gasteiger partial charge in [-0.15, -0.1) is 11.3 Å². The fraction of sp³-hybridized carbons (Fsp3) is 0.643. The molecule has 1 fully saturated rings. The number of aliphatic hydroxyl groups is 1. The maximum absolute atomic E-state index is 12.0. The number of carbonyl (C=O) groups excluding carboxylic acids is 1. The number of aliphatic hydroxyl groups excluding tert-OH is 1. The number of hydrogen-bond acceptors (Lipinski definition) is 3. The maximum Gasteiger partial charge on any atom is 0.220 e. The average Bonchev–Trinajstić information content (AvgIpc) is 2.95. The molecule has 1 aliphatic carbocycles. The van der Waals surface area contributed by atoms with Crippen molar-refractivity contribution in [3.8, 4) is 0 Å². The Hall–Kier alpha value is -0.390. The van der Waals surface area contributed by atoms with E-state index in [1.54, 1.807) is 11.3 Å². The van der Waals surface area contributed by atoms with Crippen LogP contribution in [0.5, 0.6) is 0 Å². The summed E-state index contributed by atoms with van der Waals surface area (Å²) < 4.78 is 1.08. The van der Waals surface area contributed by atoms with E-state index < -0.39 is 0 Å². The summed E-state index contributed by atoms with van der Waals surface area (Å²) in [7, 11) is 0. The minimum Gasteiger partial charge on any atom is -0.396 e. The first-order valence-electron chi connectivity index (χ1n) is 6.66. The third kappa shape index (κ3) is 3.80. The first-order valence-corrected chi connectivity index (χ1v) is 8.34. The molecule has 3 nitrogen and oxygen atoms in total. The molecule has 1 amide bonds. The van der Waals surface area contributed by atoms with Gasteiger partial charge in [-0.2, -0.15) is 0 Å². The Bertz CT molecular complexity index is 448. The number of aryl methyl sites for hydroxylation is 1. The van der Waals surface area contributed by atoms with Gasteiger partial charge >= 0.3 is 0 Å².